The van der Waals surface area contributed by atoms with Crippen molar-refractivity contribution in [3.63, 3.8) is 0 Å². The predicted octanol–water partition coefficient (Wildman–Crippen LogP) is 9.34. The number of para-hydroxylation sites is 4. The fraction of sp³-hybridized carbons (Fsp3) is 0.462. The van der Waals surface area contributed by atoms with Crippen LogP contribution in [0.5, 0.6) is 23.0 Å². The maximum atomic E-state index is 13.8. The van der Waals surface area contributed by atoms with Gasteiger partial charge in [-0.15, -0.1) is 0 Å². The second-order valence-corrected chi connectivity index (χ2v) is 18.5. The summed E-state index contributed by atoms with van der Waals surface area (Å²) in [6.07, 6.45) is -0.576. The SMILES string of the molecule is CCOc1ccccc1OC(Cc1c(C)cc(C(C)(C)C)cc1C)C1=NCCN1OC(=O)C(=O)ON1CCN=C1C(Cc1c(C)cc(C(C)(C)C)cc1C)Oc1ccccc1OCC. The summed E-state index contributed by atoms with van der Waals surface area (Å²) in [5.41, 5.74) is 9.03. The third kappa shape index (κ3) is 11.4. The van der Waals surface area contributed by atoms with Crippen LogP contribution in [-0.2, 0) is 42.9 Å². The number of hydrogen-bond acceptors (Lipinski definition) is 12. The van der Waals surface area contributed by atoms with Crippen molar-refractivity contribution in [3.8, 4) is 23.0 Å². The van der Waals surface area contributed by atoms with E-state index in [2.05, 4.69) is 93.5 Å². The molecular weight excluding hydrogens is 809 g/mol. The number of aryl methyl sites for hydroxylation is 4. The molecule has 0 spiro atoms. The Balaban J connectivity index is 1.24. The van der Waals surface area contributed by atoms with Crippen LogP contribution < -0.4 is 18.9 Å². The van der Waals surface area contributed by atoms with Gasteiger partial charge in [-0.1, -0.05) is 90.1 Å². The van der Waals surface area contributed by atoms with Crippen LogP contribution >= 0.6 is 0 Å². The molecule has 6 rings (SSSR count). The van der Waals surface area contributed by atoms with Gasteiger partial charge in [-0.3, -0.25) is 9.98 Å². The molecule has 0 saturated heterocycles. The van der Waals surface area contributed by atoms with E-state index in [-0.39, 0.29) is 23.9 Å². The molecule has 12 heteroatoms. The Morgan fingerprint density at radius 1 is 0.562 bits per heavy atom. The van der Waals surface area contributed by atoms with Gasteiger partial charge < -0.3 is 28.6 Å². The lowest BCUT2D eigenvalue weighted by atomic mass is 9.83. The average Bonchev–Trinajstić information content (AvgIpc) is 3.90. The van der Waals surface area contributed by atoms with Crippen molar-refractivity contribution in [1.82, 2.24) is 10.1 Å². The minimum Gasteiger partial charge on any atom is -0.490 e. The molecule has 342 valence electrons. The number of carbonyl (C=O) groups excluding carboxylic acids is 2. The van der Waals surface area contributed by atoms with Crippen LogP contribution in [0.2, 0.25) is 0 Å². The van der Waals surface area contributed by atoms with Crippen LogP contribution in [0, 0.1) is 27.7 Å². The largest absolute Gasteiger partial charge is 0.490 e. The van der Waals surface area contributed by atoms with Crippen molar-refractivity contribution in [2.45, 2.75) is 119 Å². The zero-order valence-corrected chi connectivity index (χ0v) is 39.8. The van der Waals surface area contributed by atoms with Crippen molar-refractivity contribution in [3.05, 3.63) is 117 Å². The van der Waals surface area contributed by atoms with Crippen LogP contribution in [0.4, 0.5) is 0 Å². The molecule has 2 unspecified atom stereocenters. The molecule has 0 bridgehead atoms. The number of nitrogens with zero attached hydrogens (tertiary/aromatic N) is 4. The molecule has 2 heterocycles. The first-order valence-corrected chi connectivity index (χ1v) is 22.4. The fourth-order valence-corrected chi connectivity index (χ4v) is 8.07. The summed E-state index contributed by atoms with van der Waals surface area (Å²) in [7, 11) is 0. The first kappa shape index (κ1) is 47.4. The number of ether oxygens (including phenoxy) is 4. The predicted molar refractivity (Wildman–Crippen MR) is 251 cm³/mol. The van der Waals surface area contributed by atoms with Crippen LogP contribution in [0.25, 0.3) is 0 Å². The normalized spacial score (nSPS) is 15.0. The van der Waals surface area contributed by atoms with Gasteiger partial charge in [0.05, 0.1) is 39.4 Å². The molecule has 0 fully saturated rings. The van der Waals surface area contributed by atoms with Crippen LogP contribution in [0.15, 0.2) is 82.8 Å². The van der Waals surface area contributed by atoms with Crippen molar-refractivity contribution in [1.29, 1.82) is 0 Å². The topological polar surface area (TPSA) is 121 Å². The Hall–Kier alpha value is -6.04. The molecule has 0 aromatic heterocycles. The van der Waals surface area contributed by atoms with E-state index in [9.17, 15) is 9.59 Å². The van der Waals surface area contributed by atoms with Gasteiger partial charge in [-0.05, 0) is 121 Å². The number of hydroxylamine groups is 4. The summed E-state index contributed by atoms with van der Waals surface area (Å²) in [6, 6.07) is 23.8. The molecule has 2 aliphatic heterocycles. The summed E-state index contributed by atoms with van der Waals surface area (Å²) in [5.74, 6) is 0.534. The molecule has 0 radical (unpaired) electrons. The lowest BCUT2D eigenvalue weighted by Gasteiger charge is -2.29. The molecule has 0 N–H and O–H groups in total. The summed E-state index contributed by atoms with van der Waals surface area (Å²) in [6.45, 7) is 27.4. The second-order valence-electron chi connectivity index (χ2n) is 18.5. The van der Waals surface area contributed by atoms with E-state index < -0.39 is 24.1 Å². The molecule has 4 aromatic carbocycles. The highest BCUT2D eigenvalue weighted by atomic mass is 16.8. The molecule has 0 aliphatic carbocycles. The Morgan fingerprint density at radius 2 is 0.891 bits per heavy atom. The van der Waals surface area contributed by atoms with Gasteiger partial charge in [0.25, 0.3) is 0 Å². The van der Waals surface area contributed by atoms with Gasteiger partial charge in [-0.25, -0.2) is 9.59 Å². The molecule has 4 aromatic rings. The Bertz CT molecular complexity index is 2160. The summed E-state index contributed by atoms with van der Waals surface area (Å²) < 4.78 is 25.3. The fourth-order valence-electron chi connectivity index (χ4n) is 8.07. The van der Waals surface area contributed by atoms with Crippen molar-refractivity contribution in [2.75, 3.05) is 39.4 Å². The van der Waals surface area contributed by atoms with E-state index >= 15 is 0 Å². The van der Waals surface area contributed by atoms with Crippen molar-refractivity contribution in [2.24, 2.45) is 9.98 Å². The van der Waals surface area contributed by atoms with Gasteiger partial charge in [0.15, 0.2) is 46.9 Å². The lowest BCUT2D eigenvalue weighted by molar-refractivity contribution is -0.199. The van der Waals surface area contributed by atoms with E-state index in [4.69, 9.17) is 38.6 Å². The van der Waals surface area contributed by atoms with E-state index in [0.29, 0.717) is 73.8 Å². The first-order chi connectivity index (χ1) is 30.4. The van der Waals surface area contributed by atoms with E-state index in [1.54, 1.807) is 0 Å². The third-order valence-corrected chi connectivity index (χ3v) is 11.5. The molecule has 0 saturated carbocycles. The van der Waals surface area contributed by atoms with Gasteiger partial charge >= 0.3 is 11.9 Å². The Labute approximate surface area is 379 Å². The van der Waals surface area contributed by atoms with Gasteiger partial charge in [0, 0.05) is 12.8 Å². The van der Waals surface area contributed by atoms with Gasteiger partial charge in [0.2, 0.25) is 0 Å². The molecule has 12 nitrogen and oxygen atoms in total. The number of carbonyl (C=O) groups is 2. The Kier molecular flexibility index (Phi) is 15.0. The number of aliphatic imine (C=N–C) groups is 2. The number of hydrogen-bond donors (Lipinski definition) is 0. The maximum Gasteiger partial charge on any atom is 0.444 e. The summed E-state index contributed by atoms with van der Waals surface area (Å²) >= 11 is 0. The zero-order chi connectivity index (χ0) is 46.3. The monoisotopic (exact) mass is 874 g/mol. The maximum absolute atomic E-state index is 13.8. The zero-order valence-electron chi connectivity index (χ0n) is 39.8. The van der Waals surface area contributed by atoms with Crippen molar-refractivity contribution >= 4 is 23.6 Å². The van der Waals surface area contributed by atoms with Crippen LogP contribution in [0.3, 0.4) is 0 Å². The van der Waals surface area contributed by atoms with Gasteiger partial charge in [0.1, 0.15) is 0 Å². The highest BCUT2D eigenvalue weighted by Crippen LogP contribution is 2.34. The summed E-state index contributed by atoms with van der Waals surface area (Å²) in [5, 5.41) is 2.68. The van der Waals surface area contributed by atoms with Crippen LogP contribution in [0.1, 0.15) is 99.9 Å². The first-order valence-electron chi connectivity index (χ1n) is 22.4. The lowest BCUT2D eigenvalue weighted by Crippen LogP contribution is -2.46. The van der Waals surface area contributed by atoms with E-state index in [1.165, 1.54) is 21.3 Å². The number of benzene rings is 4. The smallest absolute Gasteiger partial charge is 0.444 e. The number of rotatable bonds is 16. The molecule has 64 heavy (non-hydrogen) atoms. The Morgan fingerprint density at radius 3 is 1.20 bits per heavy atom. The molecule has 2 aliphatic rings. The van der Waals surface area contributed by atoms with Crippen LogP contribution in [-0.4, -0.2) is 85.3 Å². The van der Waals surface area contributed by atoms with Crippen molar-refractivity contribution < 1.29 is 38.2 Å². The van der Waals surface area contributed by atoms with E-state index in [1.807, 2.05) is 62.4 Å². The van der Waals surface area contributed by atoms with Gasteiger partial charge in [-0.2, -0.15) is 10.1 Å². The second kappa shape index (κ2) is 20.2. The molecule has 2 atom stereocenters. The average molecular weight is 875 g/mol. The minimum atomic E-state index is -1.21. The molecule has 0 amide bonds. The molecular formula is C52H66N4O8. The highest BCUT2D eigenvalue weighted by molar-refractivity contribution is 6.29. The number of amidine groups is 2. The van der Waals surface area contributed by atoms with E-state index in [0.717, 1.165) is 33.4 Å². The summed E-state index contributed by atoms with van der Waals surface area (Å²) in [4.78, 5) is 48.7. The third-order valence-electron chi connectivity index (χ3n) is 11.5. The standard InChI is InChI=1S/C52H66N4O8/c1-13-59-41-19-15-17-21-43(41)61-45(31-39-33(3)27-37(28-34(39)4)51(7,8)9)47-53-23-25-55(47)63-49(57)50(58)64-56-26-24-54-48(56)46(62-44-22-18-16-20-42(44)60-14-2)32-40-35(5)29-38(30-36(40)6)52(10,11)12/h15-22,27-30,45-46H,13-14,23-26,31-32H2,1-12H3. The quantitative estimate of drug-likeness (QED) is 0.101. The minimum absolute atomic E-state index is 0.0311. The highest BCUT2D eigenvalue weighted by Gasteiger charge is 2.37.